The fourth-order valence-electron chi connectivity index (χ4n) is 1.08. The number of aldehydes is 1. The van der Waals surface area contributed by atoms with E-state index in [0.717, 1.165) is 17.3 Å². The normalized spacial score (nSPS) is 10.2. The number of hydrogen-bond donors (Lipinski definition) is 1. The minimum absolute atomic E-state index is 0.653. The molecule has 0 amide bonds. The Balaban J connectivity index is 2.88. The molecule has 0 atom stereocenters. The molecule has 3 nitrogen and oxygen atoms in total. The van der Waals surface area contributed by atoms with Gasteiger partial charge in [0.25, 0.3) is 0 Å². The van der Waals surface area contributed by atoms with Crippen LogP contribution in [0.4, 0.5) is 0 Å². The van der Waals surface area contributed by atoms with Gasteiger partial charge in [-0.1, -0.05) is 0 Å². The Morgan fingerprint density at radius 2 is 2.36 bits per heavy atom. The van der Waals surface area contributed by atoms with Crippen molar-refractivity contribution in [1.29, 1.82) is 0 Å². The van der Waals surface area contributed by atoms with E-state index in [0.29, 0.717) is 5.56 Å². The van der Waals surface area contributed by atoms with E-state index >= 15 is 0 Å². The fraction of sp³-hybridized carbons (Fsp3) is 0. The molecule has 54 valence electrons. The minimum Gasteiger partial charge on any atom is -0.359 e. The molecule has 0 aromatic carbocycles. The van der Waals surface area contributed by atoms with Crippen molar-refractivity contribution in [2.45, 2.75) is 0 Å². The Hall–Kier alpha value is -1.64. The van der Waals surface area contributed by atoms with Crippen LogP contribution >= 0.6 is 0 Å². The van der Waals surface area contributed by atoms with Crippen LogP contribution in [-0.2, 0) is 0 Å². The third kappa shape index (κ3) is 0.816. The second-order valence-corrected chi connectivity index (χ2v) is 2.26. The Bertz CT molecular complexity index is 392. The van der Waals surface area contributed by atoms with Gasteiger partial charge in [0.2, 0.25) is 0 Å². The van der Waals surface area contributed by atoms with Crippen molar-refractivity contribution < 1.29 is 4.79 Å². The number of carbonyl (C=O) groups is 1. The number of rotatable bonds is 1. The van der Waals surface area contributed by atoms with Crippen molar-refractivity contribution in [3.8, 4) is 0 Å². The van der Waals surface area contributed by atoms with E-state index in [1.165, 1.54) is 0 Å². The molecule has 0 radical (unpaired) electrons. The van der Waals surface area contributed by atoms with Gasteiger partial charge in [-0.05, 0) is 12.1 Å². The first kappa shape index (κ1) is 6.09. The smallest absolute Gasteiger partial charge is 0.152 e. The van der Waals surface area contributed by atoms with Crippen LogP contribution in [0.2, 0.25) is 0 Å². The van der Waals surface area contributed by atoms with E-state index < -0.39 is 0 Å². The van der Waals surface area contributed by atoms with Crippen molar-refractivity contribution in [2.24, 2.45) is 0 Å². The molecule has 1 N–H and O–H groups in total. The Kier molecular flexibility index (Phi) is 1.22. The topological polar surface area (TPSA) is 45.8 Å². The van der Waals surface area contributed by atoms with Gasteiger partial charge >= 0.3 is 0 Å². The van der Waals surface area contributed by atoms with Gasteiger partial charge in [0.1, 0.15) is 0 Å². The Morgan fingerprint density at radius 3 is 3.18 bits per heavy atom. The van der Waals surface area contributed by atoms with Crippen LogP contribution in [0.1, 0.15) is 10.4 Å². The lowest BCUT2D eigenvalue weighted by Crippen LogP contribution is -1.83. The highest BCUT2D eigenvalue weighted by molar-refractivity contribution is 5.93. The summed E-state index contributed by atoms with van der Waals surface area (Å²) in [6, 6.07) is 3.52. The van der Waals surface area contributed by atoms with Gasteiger partial charge in [0.05, 0.1) is 11.0 Å². The number of fused-ring (bicyclic) bond motifs is 1. The lowest BCUT2D eigenvalue weighted by atomic mass is 10.2. The molecular formula is C8H6N2O. The minimum atomic E-state index is 0.653. The summed E-state index contributed by atoms with van der Waals surface area (Å²) < 4.78 is 0. The highest BCUT2D eigenvalue weighted by atomic mass is 16.1. The van der Waals surface area contributed by atoms with E-state index in [1.807, 2.05) is 6.07 Å². The number of hydrogen-bond acceptors (Lipinski definition) is 2. The SMILES string of the molecule is O=Cc1ccnc2cc[nH]c12. The number of carbonyl (C=O) groups excluding carboxylic acids is 1. The molecule has 0 aliphatic carbocycles. The first-order valence-electron chi connectivity index (χ1n) is 3.29. The average Bonchev–Trinajstić information content (AvgIpc) is 2.50. The molecule has 2 aromatic rings. The standard InChI is InChI=1S/C8H6N2O/c11-5-6-1-3-9-7-2-4-10-8(6)7/h1-5,10H. The Morgan fingerprint density at radius 1 is 1.45 bits per heavy atom. The summed E-state index contributed by atoms with van der Waals surface area (Å²) in [5.74, 6) is 0. The summed E-state index contributed by atoms with van der Waals surface area (Å²) in [5.41, 5.74) is 2.29. The molecule has 0 saturated carbocycles. The molecule has 0 unspecified atom stereocenters. The van der Waals surface area contributed by atoms with E-state index in [9.17, 15) is 4.79 Å². The number of aromatic amines is 1. The van der Waals surface area contributed by atoms with E-state index in [-0.39, 0.29) is 0 Å². The first-order valence-corrected chi connectivity index (χ1v) is 3.29. The quantitative estimate of drug-likeness (QED) is 0.617. The molecule has 0 spiro atoms. The Labute approximate surface area is 63.1 Å². The van der Waals surface area contributed by atoms with Crippen LogP contribution < -0.4 is 0 Å². The number of nitrogens with one attached hydrogen (secondary N) is 1. The summed E-state index contributed by atoms with van der Waals surface area (Å²) >= 11 is 0. The number of pyridine rings is 1. The van der Waals surface area contributed by atoms with E-state index in [2.05, 4.69) is 9.97 Å². The maximum Gasteiger partial charge on any atom is 0.152 e. The number of H-pyrrole nitrogens is 1. The summed E-state index contributed by atoms with van der Waals surface area (Å²) in [5, 5.41) is 0. The molecule has 0 bridgehead atoms. The second-order valence-electron chi connectivity index (χ2n) is 2.26. The third-order valence-electron chi connectivity index (χ3n) is 1.61. The van der Waals surface area contributed by atoms with Crippen LogP contribution in [0, 0.1) is 0 Å². The van der Waals surface area contributed by atoms with Gasteiger partial charge in [0.15, 0.2) is 6.29 Å². The summed E-state index contributed by atoms with van der Waals surface area (Å²) in [7, 11) is 0. The molecule has 11 heavy (non-hydrogen) atoms. The third-order valence-corrected chi connectivity index (χ3v) is 1.61. The molecule has 0 fully saturated rings. The number of aromatic nitrogens is 2. The van der Waals surface area contributed by atoms with Crippen LogP contribution in [0.15, 0.2) is 24.5 Å². The zero-order valence-corrected chi connectivity index (χ0v) is 5.74. The van der Waals surface area contributed by atoms with E-state index in [4.69, 9.17) is 0 Å². The highest BCUT2D eigenvalue weighted by Gasteiger charge is 1.99. The largest absolute Gasteiger partial charge is 0.359 e. The summed E-state index contributed by atoms with van der Waals surface area (Å²) in [4.78, 5) is 17.5. The predicted molar refractivity (Wildman–Crippen MR) is 41.5 cm³/mol. The van der Waals surface area contributed by atoms with Crippen molar-refractivity contribution in [2.75, 3.05) is 0 Å². The predicted octanol–water partition coefficient (Wildman–Crippen LogP) is 1.38. The summed E-state index contributed by atoms with van der Waals surface area (Å²) in [6.07, 6.45) is 4.21. The molecule has 0 aliphatic rings. The van der Waals surface area contributed by atoms with Crippen LogP contribution in [0.25, 0.3) is 11.0 Å². The van der Waals surface area contributed by atoms with Crippen molar-refractivity contribution in [3.63, 3.8) is 0 Å². The molecule has 0 aliphatic heterocycles. The summed E-state index contributed by atoms with van der Waals surface area (Å²) in [6.45, 7) is 0. The van der Waals surface area contributed by atoms with Gasteiger partial charge in [-0.15, -0.1) is 0 Å². The lowest BCUT2D eigenvalue weighted by molar-refractivity contribution is 0.112. The molecular weight excluding hydrogens is 140 g/mol. The van der Waals surface area contributed by atoms with Gasteiger partial charge in [-0.25, -0.2) is 0 Å². The zero-order valence-electron chi connectivity index (χ0n) is 5.74. The van der Waals surface area contributed by atoms with Crippen LogP contribution in [-0.4, -0.2) is 16.3 Å². The van der Waals surface area contributed by atoms with Gasteiger partial charge < -0.3 is 4.98 Å². The van der Waals surface area contributed by atoms with Gasteiger partial charge in [-0.3, -0.25) is 9.78 Å². The van der Waals surface area contributed by atoms with Gasteiger partial charge in [0, 0.05) is 18.0 Å². The van der Waals surface area contributed by atoms with Crippen LogP contribution in [0.3, 0.4) is 0 Å². The van der Waals surface area contributed by atoms with Crippen molar-refractivity contribution in [1.82, 2.24) is 9.97 Å². The first-order chi connectivity index (χ1) is 5.42. The molecule has 0 saturated heterocycles. The maximum absolute atomic E-state index is 10.5. The molecule has 2 heterocycles. The second kappa shape index (κ2) is 2.20. The van der Waals surface area contributed by atoms with Crippen molar-refractivity contribution in [3.05, 3.63) is 30.1 Å². The maximum atomic E-state index is 10.5. The van der Waals surface area contributed by atoms with Gasteiger partial charge in [-0.2, -0.15) is 0 Å². The monoisotopic (exact) mass is 146 g/mol. The lowest BCUT2D eigenvalue weighted by Gasteiger charge is -1.90. The molecule has 2 aromatic heterocycles. The van der Waals surface area contributed by atoms with Crippen LogP contribution in [0.5, 0.6) is 0 Å². The fourth-order valence-corrected chi connectivity index (χ4v) is 1.08. The molecule has 2 rings (SSSR count). The van der Waals surface area contributed by atoms with Crippen molar-refractivity contribution >= 4 is 17.3 Å². The van der Waals surface area contributed by atoms with E-state index in [1.54, 1.807) is 18.5 Å². The zero-order chi connectivity index (χ0) is 7.68. The molecule has 3 heteroatoms. The highest BCUT2D eigenvalue weighted by Crippen LogP contribution is 2.11. The average molecular weight is 146 g/mol. The number of nitrogens with zero attached hydrogens (tertiary/aromatic N) is 1.